The zero-order valence-electron chi connectivity index (χ0n) is 13.3. The molecule has 1 fully saturated rings. The van der Waals surface area contributed by atoms with Crippen molar-refractivity contribution >= 4 is 23.6 Å². The number of nitrogens with one attached hydrogen (secondary N) is 1. The van der Waals surface area contributed by atoms with Crippen molar-refractivity contribution < 1.29 is 9.59 Å². The van der Waals surface area contributed by atoms with Gasteiger partial charge < -0.3 is 15.1 Å². The highest BCUT2D eigenvalue weighted by Gasteiger charge is 2.27. The van der Waals surface area contributed by atoms with Crippen LogP contribution >= 0.6 is 0 Å². The fraction of sp³-hybridized carbons (Fsp3) is 0.312. The van der Waals surface area contributed by atoms with E-state index in [1.807, 2.05) is 17.9 Å². The van der Waals surface area contributed by atoms with Crippen LogP contribution in [-0.4, -0.2) is 57.8 Å². The molecule has 2 aromatic rings. The molecule has 8 heteroatoms. The van der Waals surface area contributed by atoms with Gasteiger partial charge in [-0.2, -0.15) is 0 Å². The van der Waals surface area contributed by atoms with Crippen LogP contribution in [0.1, 0.15) is 5.56 Å². The van der Waals surface area contributed by atoms with Crippen molar-refractivity contribution in [2.45, 2.75) is 6.92 Å². The van der Waals surface area contributed by atoms with Crippen LogP contribution in [0, 0.1) is 6.92 Å². The summed E-state index contributed by atoms with van der Waals surface area (Å²) in [6.45, 7) is 3.98. The second kappa shape index (κ2) is 7.03. The number of carbonyl (C=O) groups excluding carboxylic acids is 2. The highest BCUT2D eigenvalue weighted by Crippen LogP contribution is 2.10. The summed E-state index contributed by atoms with van der Waals surface area (Å²) >= 11 is 0. The third-order valence-corrected chi connectivity index (χ3v) is 3.75. The Morgan fingerprint density at radius 2 is 1.75 bits per heavy atom. The Balaban J connectivity index is 1.54. The van der Waals surface area contributed by atoms with Crippen LogP contribution in [0.15, 0.2) is 36.8 Å². The lowest BCUT2D eigenvalue weighted by Crippen LogP contribution is -2.52. The molecule has 0 unspecified atom stereocenters. The molecule has 0 radical (unpaired) electrons. The molecule has 0 aliphatic carbocycles. The summed E-state index contributed by atoms with van der Waals surface area (Å²) in [5, 5.41) is 2.53. The summed E-state index contributed by atoms with van der Waals surface area (Å²) in [5.41, 5.74) is 0.985. The molecule has 3 heterocycles. The van der Waals surface area contributed by atoms with Crippen molar-refractivity contribution in [1.82, 2.24) is 19.9 Å². The number of amides is 2. The first kappa shape index (κ1) is 15.9. The number of hydrogen-bond donors (Lipinski definition) is 1. The molecule has 24 heavy (non-hydrogen) atoms. The maximum absolute atomic E-state index is 12.2. The van der Waals surface area contributed by atoms with E-state index in [2.05, 4.69) is 20.3 Å². The third kappa shape index (κ3) is 3.65. The summed E-state index contributed by atoms with van der Waals surface area (Å²) in [4.78, 5) is 40.3. The number of anilines is 2. The van der Waals surface area contributed by atoms with Crippen LogP contribution in [0.25, 0.3) is 0 Å². The van der Waals surface area contributed by atoms with Gasteiger partial charge in [0.05, 0.1) is 0 Å². The molecule has 0 aromatic carbocycles. The van der Waals surface area contributed by atoms with Crippen LogP contribution in [0.4, 0.5) is 11.8 Å². The summed E-state index contributed by atoms with van der Waals surface area (Å²) in [5.74, 6) is -0.213. The fourth-order valence-corrected chi connectivity index (χ4v) is 2.42. The van der Waals surface area contributed by atoms with Gasteiger partial charge >= 0.3 is 11.8 Å². The molecule has 3 rings (SSSR count). The molecule has 2 aromatic heterocycles. The van der Waals surface area contributed by atoms with E-state index in [1.54, 1.807) is 30.7 Å². The highest BCUT2D eigenvalue weighted by molar-refractivity contribution is 6.39. The summed E-state index contributed by atoms with van der Waals surface area (Å²) in [6.07, 6.45) is 5.00. The number of carbonyl (C=O) groups is 2. The lowest BCUT2D eigenvalue weighted by molar-refractivity contribution is -0.143. The molecule has 124 valence electrons. The van der Waals surface area contributed by atoms with Crippen LogP contribution < -0.4 is 10.2 Å². The number of pyridine rings is 1. The number of aryl methyl sites for hydroxylation is 1. The first-order chi connectivity index (χ1) is 11.6. The fourth-order valence-electron chi connectivity index (χ4n) is 2.42. The van der Waals surface area contributed by atoms with Crippen molar-refractivity contribution in [2.24, 2.45) is 0 Å². The van der Waals surface area contributed by atoms with Gasteiger partial charge in [-0.1, -0.05) is 6.07 Å². The molecular formula is C16H18N6O2. The Bertz CT molecular complexity index is 711. The highest BCUT2D eigenvalue weighted by atomic mass is 16.2. The van der Waals surface area contributed by atoms with Crippen molar-refractivity contribution in [2.75, 3.05) is 36.4 Å². The number of nitrogens with zero attached hydrogens (tertiary/aromatic N) is 5. The quantitative estimate of drug-likeness (QED) is 0.807. The Morgan fingerprint density at radius 1 is 1.04 bits per heavy atom. The molecule has 1 N–H and O–H groups in total. The Labute approximate surface area is 139 Å². The minimum absolute atomic E-state index is 0.371. The summed E-state index contributed by atoms with van der Waals surface area (Å²) < 4.78 is 0. The van der Waals surface area contributed by atoms with E-state index in [9.17, 15) is 9.59 Å². The predicted octanol–water partition coefficient (Wildman–Crippen LogP) is 0.467. The Morgan fingerprint density at radius 3 is 2.38 bits per heavy atom. The third-order valence-electron chi connectivity index (χ3n) is 3.75. The Hall–Kier alpha value is -3.03. The van der Waals surface area contributed by atoms with Crippen LogP contribution in [0.3, 0.4) is 0 Å². The predicted molar refractivity (Wildman–Crippen MR) is 88.4 cm³/mol. The molecule has 8 nitrogen and oxygen atoms in total. The normalized spacial score (nSPS) is 14.4. The van der Waals surface area contributed by atoms with Gasteiger partial charge in [0.25, 0.3) is 0 Å². The first-order valence-electron chi connectivity index (χ1n) is 7.68. The van der Waals surface area contributed by atoms with E-state index in [0.29, 0.717) is 37.9 Å². The van der Waals surface area contributed by atoms with Gasteiger partial charge in [0.2, 0.25) is 5.95 Å². The van der Waals surface area contributed by atoms with Gasteiger partial charge in [-0.15, -0.1) is 0 Å². The standard InChI is InChI=1S/C16H18N6O2/c1-12-3-4-13(19-11-12)20-14(23)15(24)21-7-9-22(10-8-21)16-17-5-2-6-18-16/h2-6,11H,7-10H2,1H3,(H,19,20,23). The second-order valence-electron chi connectivity index (χ2n) is 5.50. The SMILES string of the molecule is Cc1ccc(NC(=O)C(=O)N2CCN(c3ncccn3)CC2)nc1. The van der Waals surface area contributed by atoms with Gasteiger partial charge in [0.15, 0.2) is 0 Å². The van der Waals surface area contributed by atoms with E-state index in [-0.39, 0.29) is 0 Å². The van der Waals surface area contributed by atoms with Crippen molar-refractivity contribution in [3.8, 4) is 0 Å². The summed E-state index contributed by atoms with van der Waals surface area (Å²) in [6, 6.07) is 5.25. The van der Waals surface area contributed by atoms with Crippen molar-refractivity contribution in [3.63, 3.8) is 0 Å². The van der Waals surface area contributed by atoms with Gasteiger partial charge in [0, 0.05) is 44.8 Å². The van der Waals surface area contributed by atoms with Crippen molar-refractivity contribution in [3.05, 3.63) is 42.4 Å². The molecule has 1 saturated heterocycles. The van der Waals surface area contributed by atoms with E-state index in [1.165, 1.54) is 4.90 Å². The lowest BCUT2D eigenvalue weighted by atomic mass is 10.3. The largest absolute Gasteiger partial charge is 0.337 e. The van der Waals surface area contributed by atoms with E-state index in [4.69, 9.17) is 0 Å². The van der Waals surface area contributed by atoms with Crippen molar-refractivity contribution in [1.29, 1.82) is 0 Å². The molecule has 0 bridgehead atoms. The number of piperazine rings is 1. The van der Waals surface area contributed by atoms with Crippen LogP contribution in [0.5, 0.6) is 0 Å². The monoisotopic (exact) mass is 326 g/mol. The maximum Gasteiger partial charge on any atom is 0.315 e. The minimum Gasteiger partial charge on any atom is -0.337 e. The molecular weight excluding hydrogens is 308 g/mol. The average Bonchev–Trinajstić information content (AvgIpc) is 2.64. The molecule has 0 saturated carbocycles. The topological polar surface area (TPSA) is 91.3 Å². The van der Waals surface area contributed by atoms with Crippen LogP contribution in [-0.2, 0) is 9.59 Å². The Kier molecular flexibility index (Phi) is 4.64. The molecule has 0 atom stereocenters. The van der Waals surface area contributed by atoms with E-state index < -0.39 is 11.8 Å². The smallest absolute Gasteiger partial charge is 0.315 e. The van der Waals surface area contributed by atoms with Crippen LogP contribution in [0.2, 0.25) is 0 Å². The average molecular weight is 326 g/mol. The minimum atomic E-state index is -0.671. The molecule has 0 spiro atoms. The lowest BCUT2D eigenvalue weighted by Gasteiger charge is -2.34. The zero-order valence-corrected chi connectivity index (χ0v) is 13.3. The zero-order chi connectivity index (χ0) is 16.9. The second-order valence-corrected chi connectivity index (χ2v) is 5.50. The van der Waals surface area contributed by atoms with E-state index in [0.717, 1.165) is 5.56 Å². The number of rotatable bonds is 2. The molecule has 1 aliphatic rings. The van der Waals surface area contributed by atoms with E-state index >= 15 is 0 Å². The first-order valence-corrected chi connectivity index (χ1v) is 7.68. The molecule has 1 aliphatic heterocycles. The molecule has 2 amide bonds. The summed E-state index contributed by atoms with van der Waals surface area (Å²) in [7, 11) is 0. The van der Waals surface area contributed by atoms with Gasteiger partial charge in [-0.25, -0.2) is 15.0 Å². The maximum atomic E-state index is 12.2. The number of aromatic nitrogens is 3. The van der Waals surface area contributed by atoms with Gasteiger partial charge in [0.1, 0.15) is 5.82 Å². The van der Waals surface area contributed by atoms with Gasteiger partial charge in [-0.05, 0) is 24.6 Å². The number of hydrogen-bond acceptors (Lipinski definition) is 6. The van der Waals surface area contributed by atoms with Gasteiger partial charge in [-0.3, -0.25) is 9.59 Å².